The van der Waals surface area contributed by atoms with Crippen LogP contribution in [0.25, 0.3) is 0 Å². The highest BCUT2D eigenvalue weighted by atomic mass is 35.5. The number of hydrogen-bond donors (Lipinski definition) is 1. The number of halogens is 2. The van der Waals surface area contributed by atoms with Crippen molar-refractivity contribution in [3.8, 4) is 0 Å². The molecule has 3 heteroatoms. The highest BCUT2D eigenvalue weighted by molar-refractivity contribution is 6.31. The maximum Gasteiger partial charge on any atom is 0.123 e. The molecule has 112 valence electrons. The lowest BCUT2D eigenvalue weighted by Crippen LogP contribution is -2.33. The molecule has 2 rings (SSSR count). The van der Waals surface area contributed by atoms with Gasteiger partial charge in [0.15, 0.2) is 0 Å². The van der Waals surface area contributed by atoms with Crippen LogP contribution < -0.4 is 5.32 Å². The molecule has 1 aromatic carbocycles. The van der Waals surface area contributed by atoms with Crippen LogP contribution in [0.2, 0.25) is 5.02 Å². The molecule has 1 aliphatic carbocycles. The summed E-state index contributed by atoms with van der Waals surface area (Å²) in [5, 5.41) is 4.23. The molecule has 1 fully saturated rings. The van der Waals surface area contributed by atoms with Crippen LogP contribution in [0.5, 0.6) is 0 Å². The lowest BCUT2D eigenvalue weighted by molar-refractivity contribution is 0.312. The monoisotopic (exact) mass is 297 g/mol. The zero-order valence-electron chi connectivity index (χ0n) is 12.5. The van der Waals surface area contributed by atoms with E-state index in [1.807, 2.05) is 0 Å². The second-order valence-corrected chi connectivity index (χ2v) is 6.71. The predicted octanol–water partition coefficient (Wildman–Crippen LogP) is 4.83. The molecule has 0 radical (unpaired) electrons. The molecule has 0 aliphatic heterocycles. The fourth-order valence-electron chi connectivity index (χ4n) is 3.20. The van der Waals surface area contributed by atoms with Gasteiger partial charge < -0.3 is 5.32 Å². The van der Waals surface area contributed by atoms with E-state index < -0.39 is 0 Å². The maximum atomic E-state index is 13.4. The quantitative estimate of drug-likeness (QED) is 0.793. The molecule has 20 heavy (non-hydrogen) atoms. The molecular weight excluding hydrogens is 273 g/mol. The minimum Gasteiger partial charge on any atom is -0.314 e. The first-order valence-electron chi connectivity index (χ1n) is 7.73. The van der Waals surface area contributed by atoms with E-state index in [4.69, 9.17) is 11.6 Å². The fraction of sp³-hybridized carbons (Fsp3) is 0.647. The lowest BCUT2D eigenvalue weighted by atomic mass is 9.85. The van der Waals surface area contributed by atoms with E-state index in [1.54, 1.807) is 12.1 Å². The van der Waals surface area contributed by atoms with Crippen LogP contribution in [0, 0.1) is 17.7 Å². The van der Waals surface area contributed by atoms with Gasteiger partial charge in [-0.05, 0) is 48.6 Å². The largest absolute Gasteiger partial charge is 0.314 e. The molecule has 1 nitrogen and oxygen atoms in total. The van der Waals surface area contributed by atoms with Crippen molar-refractivity contribution in [2.45, 2.75) is 52.0 Å². The molecule has 0 bridgehead atoms. The molecule has 1 saturated carbocycles. The predicted molar refractivity (Wildman–Crippen MR) is 83.7 cm³/mol. The Morgan fingerprint density at radius 2 is 2.00 bits per heavy atom. The van der Waals surface area contributed by atoms with Gasteiger partial charge in [-0.15, -0.1) is 0 Å². The fourth-order valence-corrected chi connectivity index (χ4v) is 3.40. The van der Waals surface area contributed by atoms with Crippen LogP contribution >= 0.6 is 11.6 Å². The van der Waals surface area contributed by atoms with Gasteiger partial charge in [0.2, 0.25) is 0 Å². The average Bonchev–Trinajstić information content (AvgIpc) is 2.92. The number of nitrogens with one attached hydrogen (secondary N) is 1. The van der Waals surface area contributed by atoms with Gasteiger partial charge in [0.1, 0.15) is 5.82 Å². The molecule has 1 aromatic rings. The van der Waals surface area contributed by atoms with E-state index in [1.165, 1.54) is 31.7 Å². The molecule has 0 heterocycles. The first-order valence-corrected chi connectivity index (χ1v) is 8.11. The van der Waals surface area contributed by atoms with Crippen molar-refractivity contribution in [3.63, 3.8) is 0 Å². The third-order valence-electron chi connectivity index (χ3n) is 4.34. The first kappa shape index (κ1) is 15.8. The Kier molecular flexibility index (Phi) is 5.86. The van der Waals surface area contributed by atoms with Gasteiger partial charge in [0, 0.05) is 11.1 Å². The maximum absolute atomic E-state index is 13.4. The van der Waals surface area contributed by atoms with Crippen LogP contribution in [0.15, 0.2) is 18.2 Å². The van der Waals surface area contributed by atoms with Crippen molar-refractivity contribution >= 4 is 11.6 Å². The summed E-state index contributed by atoms with van der Waals surface area (Å²) < 4.78 is 13.4. The second kappa shape index (κ2) is 7.42. The van der Waals surface area contributed by atoms with Crippen molar-refractivity contribution in [3.05, 3.63) is 34.6 Å². The highest BCUT2D eigenvalue weighted by Gasteiger charge is 2.25. The summed E-state index contributed by atoms with van der Waals surface area (Å²) in [6, 6.07) is 5.19. The lowest BCUT2D eigenvalue weighted by Gasteiger charge is -2.25. The number of rotatable bonds is 6. The summed E-state index contributed by atoms with van der Waals surface area (Å²) in [5.74, 6) is 1.12. The molecule has 0 saturated heterocycles. The molecule has 0 aromatic heterocycles. The molecule has 1 N–H and O–H groups in total. The Bertz CT molecular complexity index is 427. The first-order chi connectivity index (χ1) is 9.56. The minimum atomic E-state index is -0.189. The van der Waals surface area contributed by atoms with E-state index in [0.717, 1.165) is 24.4 Å². The third-order valence-corrected chi connectivity index (χ3v) is 4.71. The van der Waals surface area contributed by atoms with Gasteiger partial charge in [-0.3, -0.25) is 0 Å². The second-order valence-electron chi connectivity index (χ2n) is 6.31. The zero-order chi connectivity index (χ0) is 14.5. The summed E-state index contributed by atoms with van der Waals surface area (Å²) >= 11 is 6.22. The summed E-state index contributed by atoms with van der Waals surface area (Å²) in [6.45, 7) is 5.33. The standard InChI is InChI=1S/C17H25ClFN/c1-12(2)20-11-15(13-5-3-4-6-13)9-14-10-16(19)7-8-17(14)18/h7-8,10,12-13,15,20H,3-6,9,11H2,1-2H3. The highest BCUT2D eigenvalue weighted by Crippen LogP contribution is 2.34. The Morgan fingerprint density at radius 3 is 2.65 bits per heavy atom. The van der Waals surface area contributed by atoms with Crippen LogP contribution in [-0.2, 0) is 6.42 Å². The van der Waals surface area contributed by atoms with Crippen LogP contribution in [0.1, 0.15) is 45.1 Å². The summed E-state index contributed by atoms with van der Waals surface area (Å²) in [6.07, 6.45) is 6.15. The normalized spacial score (nSPS) is 17.9. The summed E-state index contributed by atoms with van der Waals surface area (Å²) in [4.78, 5) is 0. The average molecular weight is 298 g/mol. The van der Waals surface area contributed by atoms with Crippen molar-refractivity contribution in [2.75, 3.05) is 6.54 Å². The third kappa shape index (κ3) is 4.46. The Hall–Kier alpha value is -0.600. The molecule has 1 aliphatic rings. The van der Waals surface area contributed by atoms with Gasteiger partial charge >= 0.3 is 0 Å². The van der Waals surface area contributed by atoms with Crippen molar-refractivity contribution in [2.24, 2.45) is 11.8 Å². The van der Waals surface area contributed by atoms with Gasteiger partial charge in [0.05, 0.1) is 0 Å². The van der Waals surface area contributed by atoms with E-state index in [9.17, 15) is 4.39 Å². The zero-order valence-corrected chi connectivity index (χ0v) is 13.2. The van der Waals surface area contributed by atoms with Crippen molar-refractivity contribution < 1.29 is 4.39 Å². The Labute approximate surface area is 126 Å². The number of hydrogen-bond acceptors (Lipinski definition) is 1. The van der Waals surface area contributed by atoms with Gasteiger partial charge in [-0.2, -0.15) is 0 Å². The van der Waals surface area contributed by atoms with E-state index in [2.05, 4.69) is 19.2 Å². The van der Waals surface area contributed by atoms with Crippen molar-refractivity contribution in [1.29, 1.82) is 0 Å². The van der Waals surface area contributed by atoms with Crippen LogP contribution in [0.3, 0.4) is 0 Å². The van der Waals surface area contributed by atoms with Gasteiger partial charge in [-0.25, -0.2) is 4.39 Å². The van der Waals surface area contributed by atoms with E-state index in [0.29, 0.717) is 17.0 Å². The van der Waals surface area contributed by atoms with E-state index >= 15 is 0 Å². The van der Waals surface area contributed by atoms with Crippen LogP contribution in [-0.4, -0.2) is 12.6 Å². The van der Waals surface area contributed by atoms with E-state index in [-0.39, 0.29) is 5.82 Å². The molecule has 0 amide bonds. The van der Waals surface area contributed by atoms with Gasteiger partial charge in [-0.1, -0.05) is 51.1 Å². The van der Waals surface area contributed by atoms with Crippen LogP contribution in [0.4, 0.5) is 4.39 Å². The van der Waals surface area contributed by atoms with Crippen molar-refractivity contribution in [1.82, 2.24) is 5.32 Å². The molecule has 1 unspecified atom stereocenters. The molecule has 1 atom stereocenters. The topological polar surface area (TPSA) is 12.0 Å². The number of benzene rings is 1. The Morgan fingerprint density at radius 1 is 1.30 bits per heavy atom. The Balaban J connectivity index is 2.07. The summed E-state index contributed by atoms with van der Waals surface area (Å²) in [7, 11) is 0. The smallest absolute Gasteiger partial charge is 0.123 e. The van der Waals surface area contributed by atoms with Gasteiger partial charge in [0.25, 0.3) is 0 Å². The minimum absolute atomic E-state index is 0.189. The summed E-state index contributed by atoms with van der Waals surface area (Å²) in [5.41, 5.74) is 0.953. The molecule has 0 spiro atoms. The molecular formula is C17H25ClFN. The SMILES string of the molecule is CC(C)NCC(Cc1cc(F)ccc1Cl)C1CCCC1.